The first-order valence-corrected chi connectivity index (χ1v) is 11.0. The van der Waals surface area contributed by atoms with Gasteiger partial charge in [-0.2, -0.15) is 8.42 Å². The zero-order valence-electron chi connectivity index (χ0n) is 15.7. The maximum Gasteiger partial charge on any atom is 0.283 e. The van der Waals surface area contributed by atoms with Crippen molar-refractivity contribution in [1.82, 2.24) is 19.7 Å². The molecule has 2 N–H and O–H groups in total. The molecule has 0 bridgehead atoms. The SMILES string of the molecule is O=C(CCc1c(-c2ccccc2)[nH]c2c(Cl)cccc12)NS(=O)(=O)c1cnccn1. The molecular formula is C21H17ClN4O3S. The number of rotatable bonds is 6. The normalized spacial score (nSPS) is 11.5. The highest BCUT2D eigenvalue weighted by molar-refractivity contribution is 7.90. The number of amides is 1. The molecule has 0 unspecified atom stereocenters. The van der Waals surface area contributed by atoms with Crippen LogP contribution in [0.5, 0.6) is 0 Å². The Bertz CT molecular complexity index is 1310. The Morgan fingerprint density at radius 2 is 1.87 bits per heavy atom. The van der Waals surface area contributed by atoms with E-state index < -0.39 is 15.9 Å². The van der Waals surface area contributed by atoms with Gasteiger partial charge in [-0.25, -0.2) is 9.71 Å². The second-order valence-corrected chi connectivity index (χ2v) is 8.62. The van der Waals surface area contributed by atoms with Crippen LogP contribution in [-0.4, -0.2) is 29.3 Å². The number of fused-ring (bicyclic) bond motifs is 1. The predicted molar refractivity (Wildman–Crippen MR) is 114 cm³/mol. The number of nitrogens with one attached hydrogen (secondary N) is 2. The Morgan fingerprint density at radius 1 is 1.07 bits per heavy atom. The van der Waals surface area contributed by atoms with Gasteiger partial charge in [0.05, 0.1) is 16.7 Å². The lowest BCUT2D eigenvalue weighted by molar-refractivity contribution is -0.119. The smallest absolute Gasteiger partial charge is 0.283 e. The molecule has 30 heavy (non-hydrogen) atoms. The summed E-state index contributed by atoms with van der Waals surface area (Å²) in [5.74, 6) is -0.629. The van der Waals surface area contributed by atoms with E-state index in [1.54, 1.807) is 6.07 Å². The minimum absolute atomic E-state index is 0.0290. The molecular weight excluding hydrogens is 424 g/mol. The number of carbonyl (C=O) groups excluding carboxylic acids is 1. The van der Waals surface area contributed by atoms with Gasteiger partial charge in [-0.1, -0.05) is 54.1 Å². The average Bonchev–Trinajstić information content (AvgIpc) is 3.13. The molecule has 0 aliphatic rings. The summed E-state index contributed by atoms with van der Waals surface area (Å²) in [6.07, 6.45) is 3.99. The van der Waals surface area contributed by atoms with E-state index in [0.29, 0.717) is 11.4 Å². The van der Waals surface area contributed by atoms with Crippen LogP contribution < -0.4 is 4.72 Å². The van der Waals surface area contributed by atoms with Crippen LogP contribution in [0.25, 0.3) is 22.2 Å². The van der Waals surface area contributed by atoms with Gasteiger partial charge < -0.3 is 4.98 Å². The molecule has 2 heterocycles. The van der Waals surface area contributed by atoms with E-state index in [2.05, 4.69) is 15.0 Å². The van der Waals surface area contributed by atoms with Crippen LogP contribution in [0.3, 0.4) is 0 Å². The van der Waals surface area contributed by atoms with Crippen LogP contribution in [0.4, 0.5) is 0 Å². The molecule has 0 spiro atoms. The molecule has 0 aliphatic heterocycles. The van der Waals surface area contributed by atoms with Crippen LogP contribution in [0, 0.1) is 0 Å². The fourth-order valence-corrected chi connectivity index (χ4v) is 4.39. The van der Waals surface area contributed by atoms with Gasteiger partial charge in [0.25, 0.3) is 10.0 Å². The zero-order chi connectivity index (χ0) is 21.1. The molecule has 2 aromatic carbocycles. The van der Waals surface area contributed by atoms with Gasteiger partial charge in [0.1, 0.15) is 0 Å². The van der Waals surface area contributed by atoms with Crippen molar-refractivity contribution in [3.05, 3.63) is 77.7 Å². The van der Waals surface area contributed by atoms with E-state index in [-0.39, 0.29) is 11.4 Å². The second-order valence-electron chi connectivity index (χ2n) is 6.58. The van der Waals surface area contributed by atoms with Crippen LogP contribution in [0.1, 0.15) is 12.0 Å². The van der Waals surface area contributed by atoms with E-state index in [9.17, 15) is 13.2 Å². The Labute approximate surface area is 178 Å². The second kappa shape index (κ2) is 8.25. The summed E-state index contributed by atoms with van der Waals surface area (Å²) in [6.45, 7) is 0. The first-order chi connectivity index (χ1) is 14.5. The largest absolute Gasteiger partial charge is 0.353 e. The maximum absolute atomic E-state index is 12.4. The van der Waals surface area contributed by atoms with Crippen LogP contribution in [0.15, 0.2) is 72.1 Å². The van der Waals surface area contributed by atoms with Crippen LogP contribution in [0.2, 0.25) is 5.02 Å². The molecule has 0 atom stereocenters. The van der Waals surface area contributed by atoms with Gasteiger partial charge in [0.15, 0.2) is 5.03 Å². The number of para-hydroxylation sites is 1. The number of aryl methyl sites for hydroxylation is 1. The van der Waals surface area contributed by atoms with Crippen molar-refractivity contribution in [1.29, 1.82) is 0 Å². The van der Waals surface area contributed by atoms with E-state index >= 15 is 0 Å². The van der Waals surface area contributed by atoms with Gasteiger partial charge in [-0.05, 0) is 23.6 Å². The third kappa shape index (κ3) is 4.05. The van der Waals surface area contributed by atoms with Gasteiger partial charge in [-0.15, -0.1) is 0 Å². The van der Waals surface area contributed by atoms with E-state index in [4.69, 9.17) is 11.6 Å². The number of hydrogen-bond donors (Lipinski definition) is 2. The Balaban J connectivity index is 1.61. The van der Waals surface area contributed by atoms with Crippen LogP contribution >= 0.6 is 11.6 Å². The summed E-state index contributed by atoms with van der Waals surface area (Å²) in [5.41, 5.74) is 3.47. The van der Waals surface area contributed by atoms with Crippen molar-refractivity contribution in [3.8, 4) is 11.3 Å². The third-order valence-electron chi connectivity index (χ3n) is 4.62. The minimum Gasteiger partial charge on any atom is -0.353 e. The number of nitrogens with zero attached hydrogens (tertiary/aromatic N) is 2. The third-order valence-corrected chi connectivity index (χ3v) is 6.19. The first-order valence-electron chi connectivity index (χ1n) is 9.12. The Kier molecular flexibility index (Phi) is 5.52. The number of sulfonamides is 1. The highest BCUT2D eigenvalue weighted by atomic mass is 35.5. The van der Waals surface area contributed by atoms with Gasteiger partial charge in [0, 0.05) is 29.9 Å². The molecule has 4 rings (SSSR count). The molecule has 0 saturated heterocycles. The van der Waals surface area contributed by atoms with Crippen molar-refractivity contribution < 1.29 is 13.2 Å². The summed E-state index contributed by atoms with van der Waals surface area (Å²) in [6, 6.07) is 15.2. The van der Waals surface area contributed by atoms with Crippen molar-refractivity contribution >= 4 is 38.4 Å². The lowest BCUT2D eigenvalue weighted by atomic mass is 10.0. The van der Waals surface area contributed by atoms with Gasteiger partial charge in [-0.3, -0.25) is 9.78 Å². The average molecular weight is 441 g/mol. The summed E-state index contributed by atoms with van der Waals surface area (Å²) in [5, 5.41) is 1.17. The number of benzene rings is 2. The summed E-state index contributed by atoms with van der Waals surface area (Å²) >= 11 is 6.34. The lowest BCUT2D eigenvalue weighted by Gasteiger charge is -2.07. The molecule has 7 nitrogen and oxygen atoms in total. The highest BCUT2D eigenvalue weighted by Gasteiger charge is 2.21. The minimum atomic E-state index is -4.06. The molecule has 9 heteroatoms. The number of aromatic amines is 1. The molecule has 0 radical (unpaired) electrons. The van der Waals surface area contributed by atoms with Crippen molar-refractivity contribution in [2.45, 2.75) is 17.9 Å². The molecule has 0 aliphatic carbocycles. The van der Waals surface area contributed by atoms with E-state index in [1.165, 1.54) is 12.4 Å². The molecule has 0 fully saturated rings. The Morgan fingerprint density at radius 3 is 2.60 bits per heavy atom. The monoisotopic (exact) mass is 440 g/mol. The summed E-state index contributed by atoms with van der Waals surface area (Å²) in [7, 11) is -4.06. The fourth-order valence-electron chi connectivity index (χ4n) is 3.26. The van der Waals surface area contributed by atoms with Crippen molar-refractivity contribution in [2.24, 2.45) is 0 Å². The number of aromatic nitrogens is 3. The fraction of sp³-hybridized carbons (Fsp3) is 0.0952. The predicted octanol–water partition coefficient (Wildman–Crippen LogP) is 3.72. The number of carbonyl (C=O) groups is 1. The quantitative estimate of drug-likeness (QED) is 0.475. The van der Waals surface area contributed by atoms with E-state index in [0.717, 1.165) is 33.9 Å². The van der Waals surface area contributed by atoms with Gasteiger partial charge >= 0.3 is 0 Å². The Hall–Kier alpha value is -3.23. The van der Waals surface area contributed by atoms with Crippen molar-refractivity contribution in [2.75, 3.05) is 0 Å². The zero-order valence-corrected chi connectivity index (χ0v) is 17.2. The van der Waals surface area contributed by atoms with E-state index in [1.807, 2.05) is 47.2 Å². The molecule has 4 aromatic rings. The summed E-state index contributed by atoms with van der Waals surface area (Å²) in [4.78, 5) is 23.2. The molecule has 152 valence electrons. The van der Waals surface area contributed by atoms with Crippen LogP contribution in [-0.2, 0) is 21.2 Å². The molecule has 1 amide bonds. The summed E-state index contributed by atoms with van der Waals surface area (Å²) < 4.78 is 26.6. The lowest BCUT2D eigenvalue weighted by Crippen LogP contribution is -2.31. The number of hydrogen-bond acceptors (Lipinski definition) is 5. The topological polar surface area (TPSA) is 105 Å². The number of H-pyrrole nitrogens is 1. The molecule has 2 aromatic heterocycles. The van der Waals surface area contributed by atoms with Crippen molar-refractivity contribution in [3.63, 3.8) is 0 Å². The standard InChI is InChI=1S/C21H17ClN4O3S/c22-17-8-4-7-15-16(20(25-21(15)17)14-5-2-1-3-6-14)9-10-18(27)26-30(28,29)19-13-23-11-12-24-19/h1-8,11-13,25H,9-10H2,(H,26,27). The molecule has 0 saturated carbocycles. The highest BCUT2D eigenvalue weighted by Crippen LogP contribution is 2.34. The maximum atomic E-state index is 12.4. The van der Waals surface area contributed by atoms with Gasteiger partial charge in [0.2, 0.25) is 5.91 Å². The number of halogens is 1. The first kappa shape index (κ1) is 20.1.